The molecule has 0 spiro atoms. The number of rotatable bonds is 3. The van der Waals surface area contributed by atoms with Crippen LogP contribution in [0.3, 0.4) is 0 Å². The molecule has 0 unspecified atom stereocenters. The van der Waals surface area contributed by atoms with E-state index in [1.165, 1.54) is 0 Å². The van der Waals surface area contributed by atoms with Crippen LogP contribution < -0.4 is 11.1 Å². The second-order valence-electron chi connectivity index (χ2n) is 3.92. The standard InChI is InChI=1S/C13H14N4O/c1-9-4-6-15-7-10(9)8-17-13(18)11-3-2-5-16-12(11)14/h2-7H,8H2,1H3,(H2,14,16)(H,17,18). The lowest BCUT2D eigenvalue weighted by Gasteiger charge is -2.08. The Balaban J connectivity index is 2.06. The van der Waals surface area contributed by atoms with Crippen molar-refractivity contribution in [3.05, 3.63) is 53.5 Å². The van der Waals surface area contributed by atoms with Gasteiger partial charge >= 0.3 is 0 Å². The predicted molar refractivity (Wildman–Crippen MR) is 68.8 cm³/mol. The third-order valence-electron chi connectivity index (χ3n) is 2.67. The Hall–Kier alpha value is -2.43. The van der Waals surface area contributed by atoms with E-state index in [1.54, 1.807) is 30.7 Å². The van der Waals surface area contributed by atoms with Gasteiger partial charge in [-0.2, -0.15) is 0 Å². The number of carbonyl (C=O) groups is 1. The Morgan fingerprint density at radius 1 is 1.39 bits per heavy atom. The van der Waals surface area contributed by atoms with Gasteiger partial charge in [0.2, 0.25) is 0 Å². The minimum atomic E-state index is -0.233. The van der Waals surface area contributed by atoms with Crippen molar-refractivity contribution in [1.29, 1.82) is 0 Å². The molecule has 3 N–H and O–H groups in total. The van der Waals surface area contributed by atoms with Crippen molar-refractivity contribution in [2.24, 2.45) is 0 Å². The maximum Gasteiger partial charge on any atom is 0.255 e. The summed E-state index contributed by atoms with van der Waals surface area (Å²) in [5.41, 5.74) is 8.09. The number of nitrogens with zero attached hydrogens (tertiary/aromatic N) is 2. The monoisotopic (exact) mass is 242 g/mol. The molecule has 2 aromatic heterocycles. The number of pyridine rings is 2. The van der Waals surface area contributed by atoms with Crippen molar-refractivity contribution in [2.75, 3.05) is 5.73 Å². The average Bonchev–Trinajstić information content (AvgIpc) is 2.38. The Kier molecular flexibility index (Phi) is 3.52. The fraction of sp³-hybridized carbons (Fsp3) is 0.154. The molecular weight excluding hydrogens is 228 g/mol. The normalized spacial score (nSPS) is 10.1. The lowest BCUT2D eigenvalue weighted by atomic mass is 10.1. The quantitative estimate of drug-likeness (QED) is 0.850. The number of hydrogen-bond donors (Lipinski definition) is 2. The Morgan fingerprint density at radius 2 is 2.22 bits per heavy atom. The molecule has 0 radical (unpaired) electrons. The zero-order valence-corrected chi connectivity index (χ0v) is 10.1. The van der Waals surface area contributed by atoms with E-state index in [0.717, 1.165) is 11.1 Å². The fourth-order valence-electron chi connectivity index (χ4n) is 1.56. The molecule has 2 aromatic rings. The van der Waals surface area contributed by atoms with E-state index in [4.69, 9.17) is 5.73 Å². The molecule has 0 saturated heterocycles. The molecule has 0 aliphatic rings. The summed E-state index contributed by atoms with van der Waals surface area (Å²) in [5, 5.41) is 2.80. The summed E-state index contributed by atoms with van der Waals surface area (Å²) in [5.74, 6) is 0.00163. The first-order valence-electron chi connectivity index (χ1n) is 5.56. The summed E-state index contributed by atoms with van der Waals surface area (Å²) >= 11 is 0. The van der Waals surface area contributed by atoms with Crippen LogP contribution in [0, 0.1) is 6.92 Å². The van der Waals surface area contributed by atoms with Crippen molar-refractivity contribution >= 4 is 11.7 Å². The van der Waals surface area contributed by atoms with E-state index in [1.807, 2.05) is 13.0 Å². The van der Waals surface area contributed by atoms with Gasteiger partial charge in [0.15, 0.2) is 0 Å². The summed E-state index contributed by atoms with van der Waals surface area (Å²) in [4.78, 5) is 19.8. The third kappa shape index (κ3) is 2.63. The Labute approximate surface area is 105 Å². The summed E-state index contributed by atoms with van der Waals surface area (Å²) in [6, 6.07) is 5.23. The Bertz CT molecular complexity index is 568. The number of aromatic nitrogens is 2. The van der Waals surface area contributed by atoms with Gasteiger partial charge in [-0.15, -0.1) is 0 Å². The molecule has 2 rings (SSSR count). The molecule has 2 heterocycles. The molecule has 0 fully saturated rings. The van der Waals surface area contributed by atoms with Crippen LogP contribution >= 0.6 is 0 Å². The van der Waals surface area contributed by atoms with Crippen LogP contribution in [0.25, 0.3) is 0 Å². The highest BCUT2D eigenvalue weighted by atomic mass is 16.1. The first-order chi connectivity index (χ1) is 8.68. The van der Waals surface area contributed by atoms with E-state index < -0.39 is 0 Å². The highest BCUT2D eigenvalue weighted by molar-refractivity contribution is 5.98. The van der Waals surface area contributed by atoms with E-state index in [2.05, 4.69) is 15.3 Å². The van der Waals surface area contributed by atoms with Crippen molar-refractivity contribution in [3.8, 4) is 0 Å². The number of nitrogen functional groups attached to an aromatic ring is 1. The fourth-order valence-corrected chi connectivity index (χ4v) is 1.56. The van der Waals surface area contributed by atoms with Gasteiger partial charge in [0.25, 0.3) is 5.91 Å². The molecule has 0 saturated carbocycles. The van der Waals surface area contributed by atoms with Gasteiger partial charge in [-0.1, -0.05) is 0 Å². The van der Waals surface area contributed by atoms with Gasteiger partial charge in [-0.05, 0) is 36.2 Å². The minimum Gasteiger partial charge on any atom is -0.383 e. The van der Waals surface area contributed by atoms with E-state index in [-0.39, 0.29) is 11.7 Å². The molecule has 0 bridgehead atoms. The number of nitrogens with two attached hydrogens (primary N) is 1. The zero-order valence-electron chi connectivity index (χ0n) is 10.1. The maximum absolute atomic E-state index is 11.9. The SMILES string of the molecule is Cc1ccncc1CNC(=O)c1cccnc1N. The van der Waals surface area contributed by atoms with Crippen LogP contribution in [0.2, 0.25) is 0 Å². The molecule has 1 amide bonds. The first-order valence-corrected chi connectivity index (χ1v) is 5.56. The van der Waals surface area contributed by atoms with Crippen LogP contribution in [0.15, 0.2) is 36.8 Å². The molecule has 0 aliphatic carbocycles. The minimum absolute atomic E-state index is 0.233. The van der Waals surface area contributed by atoms with Crippen LogP contribution in [0.5, 0.6) is 0 Å². The number of amides is 1. The van der Waals surface area contributed by atoms with E-state index >= 15 is 0 Å². The summed E-state index contributed by atoms with van der Waals surface area (Å²) in [7, 11) is 0. The molecule has 0 aromatic carbocycles. The lowest BCUT2D eigenvalue weighted by Crippen LogP contribution is -2.24. The number of nitrogens with one attached hydrogen (secondary N) is 1. The Morgan fingerprint density at radius 3 is 2.94 bits per heavy atom. The third-order valence-corrected chi connectivity index (χ3v) is 2.67. The topological polar surface area (TPSA) is 80.9 Å². The zero-order chi connectivity index (χ0) is 13.0. The largest absolute Gasteiger partial charge is 0.383 e. The second-order valence-corrected chi connectivity index (χ2v) is 3.92. The van der Waals surface area contributed by atoms with Crippen molar-refractivity contribution in [1.82, 2.24) is 15.3 Å². The van der Waals surface area contributed by atoms with Gasteiger partial charge in [0, 0.05) is 25.1 Å². The lowest BCUT2D eigenvalue weighted by molar-refractivity contribution is 0.0951. The van der Waals surface area contributed by atoms with Crippen LogP contribution in [-0.2, 0) is 6.54 Å². The summed E-state index contributed by atoms with van der Waals surface area (Å²) in [6.45, 7) is 2.40. The predicted octanol–water partition coefficient (Wildman–Crippen LogP) is 1.30. The van der Waals surface area contributed by atoms with Gasteiger partial charge < -0.3 is 11.1 Å². The average molecular weight is 242 g/mol. The van der Waals surface area contributed by atoms with Gasteiger partial charge in [-0.3, -0.25) is 9.78 Å². The molecule has 18 heavy (non-hydrogen) atoms. The van der Waals surface area contributed by atoms with Gasteiger partial charge in [-0.25, -0.2) is 4.98 Å². The molecular formula is C13H14N4O. The highest BCUT2D eigenvalue weighted by Gasteiger charge is 2.09. The molecule has 0 atom stereocenters. The molecule has 0 aliphatic heterocycles. The van der Waals surface area contributed by atoms with Crippen LogP contribution in [0.4, 0.5) is 5.82 Å². The first kappa shape index (κ1) is 12.0. The van der Waals surface area contributed by atoms with Gasteiger partial charge in [0.05, 0.1) is 5.56 Å². The number of hydrogen-bond acceptors (Lipinski definition) is 4. The summed E-state index contributed by atoms with van der Waals surface area (Å²) in [6.07, 6.45) is 5.01. The molecule has 5 nitrogen and oxygen atoms in total. The molecule has 92 valence electrons. The van der Waals surface area contributed by atoms with Crippen molar-refractivity contribution in [3.63, 3.8) is 0 Å². The van der Waals surface area contributed by atoms with Crippen LogP contribution in [-0.4, -0.2) is 15.9 Å². The number of carbonyl (C=O) groups excluding carboxylic acids is 1. The van der Waals surface area contributed by atoms with Crippen LogP contribution in [0.1, 0.15) is 21.5 Å². The number of anilines is 1. The number of aryl methyl sites for hydroxylation is 1. The van der Waals surface area contributed by atoms with E-state index in [9.17, 15) is 4.79 Å². The van der Waals surface area contributed by atoms with E-state index in [0.29, 0.717) is 12.1 Å². The van der Waals surface area contributed by atoms with Crippen molar-refractivity contribution < 1.29 is 4.79 Å². The van der Waals surface area contributed by atoms with Gasteiger partial charge in [0.1, 0.15) is 5.82 Å². The summed E-state index contributed by atoms with van der Waals surface area (Å²) < 4.78 is 0. The van der Waals surface area contributed by atoms with Crippen molar-refractivity contribution in [2.45, 2.75) is 13.5 Å². The molecule has 5 heteroatoms. The highest BCUT2D eigenvalue weighted by Crippen LogP contribution is 2.08. The second kappa shape index (κ2) is 5.27. The smallest absolute Gasteiger partial charge is 0.255 e. The maximum atomic E-state index is 11.9.